The van der Waals surface area contributed by atoms with Gasteiger partial charge in [0.25, 0.3) is 0 Å². The van der Waals surface area contributed by atoms with Crippen LogP contribution >= 0.6 is 0 Å². The van der Waals surface area contributed by atoms with E-state index in [1.165, 1.54) is 0 Å². The maximum atomic E-state index is 8.26. The summed E-state index contributed by atoms with van der Waals surface area (Å²) >= 11 is 0.700. The first-order chi connectivity index (χ1) is 1.00. The van der Waals surface area contributed by atoms with Crippen LogP contribution in [0, 0.1) is 0 Å². The molecule has 0 aliphatic carbocycles. The Kier molecular flexibility index (Phi) is 81.0. The molecular formula is MoNaOV. The van der Waals surface area contributed by atoms with Gasteiger partial charge in [-0.2, -0.15) is 0 Å². The third kappa shape index (κ3) is 8.95. The van der Waals surface area contributed by atoms with Crippen LogP contribution in [-0.2, 0) is 41.7 Å². The van der Waals surface area contributed by atoms with Crippen LogP contribution in [0.5, 0.6) is 0 Å². The zero-order valence-corrected chi connectivity index (χ0v) is 7.67. The summed E-state index contributed by atoms with van der Waals surface area (Å²) in [5.41, 5.74) is 0. The Morgan fingerprint density at radius 1 is 1.25 bits per heavy atom. The first-order valence-electron chi connectivity index (χ1n) is 0.167. The molecule has 4 heteroatoms. The van der Waals surface area contributed by atoms with Gasteiger partial charge in [0, 0.05) is 48.1 Å². The van der Waals surface area contributed by atoms with Crippen molar-refractivity contribution in [3.63, 3.8) is 0 Å². The van der Waals surface area contributed by atoms with Gasteiger partial charge in [0.2, 0.25) is 0 Å². The minimum atomic E-state index is 0. The number of hydrogen-bond acceptors (Lipinski definition) is 1. The zero-order chi connectivity index (χ0) is 2.00. The number of hydrogen-bond donors (Lipinski definition) is 0. The van der Waals surface area contributed by atoms with E-state index in [2.05, 4.69) is 0 Å². The molecule has 0 aromatic carbocycles. The van der Waals surface area contributed by atoms with Gasteiger partial charge in [-0.05, 0) is 0 Å². The molecule has 4 heavy (non-hydrogen) atoms. The van der Waals surface area contributed by atoms with Gasteiger partial charge in [0.15, 0.2) is 0 Å². The molecule has 0 saturated heterocycles. The Hall–Kier alpha value is 2.07. The molecule has 0 aliphatic heterocycles. The summed E-state index contributed by atoms with van der Waals surface area (Å²) in [5.74, 6) is 0. The summed E-state index contributed by atoms with van der Waals surface area (Å²) in [4.78, 5) is 0. The summed E-state index contributed by atoms with van der Waals surface area (Å²) in [5, 5.41) is 0. The van der Waals surface area contributed by atoms with Gasteiger partial charge in [0.1, 0.15) is 0 Å². The fraction of sp³-hybridized carbons (Fsp3) is 0. The molecule has 2 radical (unpaired) electrons. The summed E-state index contributed by atoms with van der Waals surface area (Å²) in [7, 11) is 0. The molecule has 0 atom stereocenters. The van der Waals surface area contributed by atoms with Crippen molar-refractivity contribution in [1.29, 1.82) is 0 Å². The average Bonchev–Trinajstić information content (AvgIpc) is 1.00. The molecule has 0 spiro atoms. The second kappa shape index (κ2) is 19.6. The SMILES string of the molecule is [Na].[O]=[Mo].[V]. The monoisotopic (exact) mass is 188 g/mol. The van der Waals surface area contributed by atoms with Crippen molar-refractivity contribution in [1.82, 2.24) is 0 Å². The van der Waals surface area contributed by atoms with E-state index in [4.69, 9.17) is 3.40 Å². The molecule has 0 bridgehead atoms. The van der Waals surface area contributed by atoms with E-state index in [-0.39, 0.29) is 48.1 Å². The van der Waals surface area contributed by atoms with Gasteiger partial charge in [-0.25, -0.2) is 0 Å². The molecule has 1 nitrogen and oxygen atoms in total. The van der Waals surface area contributed by atoms with E-state index >= 15 is 0 Å². The standard InChI is InChI=1S/Mo.Na.O.V. The third-order valence-corrected chi connectivity index (χ3v) is 0. The first-order valence-corrected chi connectivity index (χ1v) is 0.986. The van der Waals surface area contributed by atoms with Gasteiger partial charge in [-0.15, -0.1) is 0 Å². The minimum Gasteiger partial charge on any atom is 0 e. The fourth-order valence-corrected chi connectivity index (χ4v) is 0. The van der Waals surface area contributed by atoms with E-state index in [1.54, 1.807) is 0 Å². The maximum Gasteiger partial charge on any atom is 0 e. The van der Waals surface area contributed by atoms with Crippen molar-refractivity contribution in [3.8, 4) is 0 Å². The van der Waals surface area contributed by atoms with E-state index in [9.17, 15) is 0 Å². The largest absolute Gasteiger partial charge is 0 e. The molecule has 0 aromatic rings. The van der Waals surface area contributed by atoms with Crippen LogP contribution in [0.2, 0.25) is 0 Å². The summed E-state index contributed by atoms with van der Waals surface area (Å²) < 4.78 is 8.26. The summed E-state index contributed by atoms with van der Waals surface area (Å²) in [6.45, 7) is 0. The van der Waals surface area contributed by atoms with Crippen LogP contribution < -0.4 is 0 Å². The normalized spacial score (nSPS) is 1.00. The summed E-state index contributed by atoms with van der Waals surface area (Å²) in [6.07, 6.45) is 0. The van der Waals surface area contributed by atoms with Crippen LogP contribution in [0.25, 0.3) is 0 Å². The van der Waals surface area contributed by atoms with Gasteiger partial charge >= 0.3 is 23.2 Å². The van der Waals surface area contributed by atoms with Crippen molar-refractivity contribution in [2.75, 3.05) is 0 Å². The van der Waals surface area contributed by atoms with Crippen molar-refractivity contribution >= 4 is 29.6 Å². The maximum absolute atomic E-state index is 8.26. The molecule has 0 heterocycles. The molecule has 0 aliphatic rings. The van der Waals surface area contributed by atoms with Crippen LogP contribution in [0.4, 0.5) is 0 Å². The molecule has 18 valence electrons. The van der Waals surface area contributed by atoms with Crippen LogP contribution in [0.15, 0.2) is 0 Å². The predicted octanol–water partition coefficient (Wildman–Crippen LogP) is -0.505. The third-order valence-electron chi connectivity index (χ3n) is 0. The molecule has 0 aromatic heterocycles. The van der Waals surface area contributed by atoms with Gasteiger partial charge in [0.05, 0.1) is 0 Å². The summed E-state index contributed by atoms with van der Waals surface area (Å²) in [6, 6.07) is 0. The Balaban J connectivity index is -0.00000000500. The minimum absolute atomic E-state index is 0. The Morgan fingerprint density at radius 2 is 1.25 bits per heavy atom. The fourth-order valence-electron chi connectivity index (χ4n) is 0. The Labute approximate surface area is 70.3 Å². The van der Waals surface area contributed by atoms with Crippen molar-refractivity contribution in [2.45, 2.75) is 0 Å². The smallest absolute Gasteiger partial charge is 0 e. The second-order valence-electron chi connectivity index (χ2n) is 0. The van der Waals surface area contributed by atoms with E-state index in [0.29, 0.717) is 19.8 Å². The quantitative estimate of drug-likeness (QED) is 0.466. The molecule has 0 unspecified atom stereocenters. The van der Waals surface area contributed by atoms with Gasteiger partial charge in [-0.3, -0.25) is 0 Å². The Morgan fingerprint density at radius 3 is 1.25 bits per heavy atom. The number of rotatable bonds is 0. The molecule has 0 fully saturated rings. The van der Waals surface area contributed by atoms with E-state index in [1.807, 2.05) is 0 Å². The van der Waals surface area contributed by atoms with E-state index < -0.39 is 0 Å². The van der Waals surface area contributed by atoms with Crippen LogP contribution in [-0.4, -0.2) is 29.6 Å². The first kappa shape index (κ1) is 16.6. The molecular weight excluding hydrogens is 186 g/mol. The zero-order valence-electron chi connectivity index (χ0n) is 2.26. The molecule has 0 N–H and O–H groups in total. The topological polar surface area (TPSA) is 17.1 Å². The Bertz CT molecular complexity index is 8.00. The van der Waals surface area contributed by atoms with Crippen molar-refractivity contribution in [3.05, 3.63) is 0 Å². The van der Waals surface area contributed by atoms with Gasteiger partial charge in [-0.1, -0.05) is 0 Å². The van der Waals surface area contributed by atoms with E-state index in [0.717, 1.165) is 0 Å². The van der Waals surface area contributed by atoms with Crippen LogP contribution in [0.1, 0.15) is 0 Å². The van der Waals surface area contributed by atoms with Crippen molar-refractivity contribution in [2.24, 2.45) is 0 Å². The predicted molar refractivity (Wildman–Crippen MR) is 6.44 cm³/mol. The molecule has 0 saturated carbocycles. The average molecular weight is 186 g/mol. The van der Waals surface area contributed by atoms with Gasteiger partial charge < -0.3 is 0 Å². The van der Waals surface area contributed by atoms with Crippen LogP contribution in [0.3, 0.4) is 0 Å². The molecule has 0 amide bonds. The van der Waals surface area contributed by atoms with Crippen molar-refractivity contribution < 1.29 is 41.7 Å². The molecule has 0 rings (SSSR count). The second-order valence-corrected chi connectivity index (χ2v) is 0.